The van der Waals surface area contributed by atoms with Gasteiger partial charge in [0.1, 0.15) is 0 Å². The number of hydrogen-bond acceptors (Lipinski definition) is 5. The average molecular weight is 310 g/mol. The average Bonchev–Trinajstić information content (AvgIpc) is 2.88. The molecule has 0 radical (unpaired) electrons. The van der Waals surface area contributed by atoms with E-state index in [1.54, 1.807) is 19.1 Å². The first kappa shape index (κ1) is 15.4. The van der Waals surface area contributed by atoms with Crippen LogP contribution in [0.15, 0.2) is 35.4 Å². The minimum atomic E-state index is -3.72. The summed E-state index contributed by atoms with van der Waals surface area (Å²) >= 11 is 0. The second kappa shape index (κ2) is 6.17. The van der Waals surface area contributed by atoms with Gasteiger partial charge in [0.25, 0.3) is 10.0 Å². The van der Waals surface area contributed by atoms with Gasteiger partial charge in [-0.15, -0.1) is 0 Å². The molecule has 0 spiro atoms. The number of nitrogens with zero attached hydrogens (tertiary/aromatic N) is 2. The predicted octanol–water partition coefficient (Wildman–Crippen LogP) is 2.23. The first-order chi connectivity index (χ1) is 9.98. The molecule has 0 fully saturated rings. The van der Waals surface area contributed by atoms with Crippen molar-refractivity contribution in [3.05, 3.63) is 36.2 Å². The third-order valence-electron chi connectivity index (χ3n) is 2.76. The van der Waals surface area contributed by atoms with Crippen molar-refractivity contribution in [3.63, 3.8) is 0 Å². The van der Waals surface area contributed by atoms with Gasteiger partial charge in [-0.25, -0.2) is 0 Å². The largest absolute Gasteiger partial charge is 0.490 e. The molecule has 2 aromatic rings. The molecule has 0 aliphatic carbocycles. The van der Waals surface area contributed by atoms with Crippen molar-refractivity contribution < 1.29 is 17.9 Å². The maximum absolute atomic E-state index is 12.5. The van der Waals surface area contributed by atoms with E-state index in [2.05, 4.69) is 5.10 Å². The minimum Gasteiger partial charge on any atom is -0.490 e. The van der Waals surface area contributed by atoms with Gasteiger partial charge < -0.3 is 9.47 Å². The fourth-order valence-electron chi connectivity index (χ4n) is 1.83. The van der Waals surface area contributed by atoms with Crippen LogP contribution in [0, 0.1) is 6.92 Å². The van der Waals surface area contributed by atoms with E-state index in [4.69, 9.17) is 9.47 Å². The van der Waals surface area contributed by atoms with Gasteiger partial charge in [0, 0.05) is 12.3 Å². The fraction of sp³-hybridized carbons (Fsp3) is 0.357. The summed E-state index contributed by atoms with van der Waals surface area (Å²) < 4.78 is 36.8. The monoisotopic (exact) mass is 310 g/mol. The molecule has 0 bridgehead atoms. The summed E-state index contributed by atoms with van der Waals surface area (Å²) in [6.07, 6.45) is 1.42. The molecule has 114 valence electrons. The molecule has 1 aromatic heterocycles. The fourth-order valence-corrected chi connectivity index (χ4v) is 3.00. The van der Waals surface area contributed by atoms with Crippen molar-refractivity contribution in [1.82, 2.24) is 9.19 Å². The highest BCUT2D eigenvalue weighted by molar-refractivity contribution is 7.89. The number of ether oxygens (including phenoxy) is 2. The highest BCUT2D eigenvalue weighted by Crippen LogP contribution is 2.30. The number of aryl methyl sites for hydroxylation is 1. The molecule has 0 saturated carbocycles. The standard InChI is InChI=1S/C14H18N2O4S/c1-4-19-13-7-6-12(10-14(13)20-5-2)21(17,18)16-9-8-11(3)15-16/h6-10H,4-5H2,1-3H3. The summed E-state index contributed by atoms with van der Waals surface area (Å²) in [6.45, 7) is 6.31. The van der Waals surface area contributed by atoms with Crippen LogP contribution in [-0.4, -0.2) is 30.8 Å². The molecule has 7 heteroatoms. The van der Waals surface area contributed by atoms with E-state index in [9.17, 15) is 8.42 Å². The Kier molecular flexibility index (Phi) is 4.52. The summed E-state index contributed by atoms with van der Waals surface area (Å²) in [5.41, 5.74) is 0.634. The Balaban J connectivity index is 2.46. The number of hydrogen-bond donors (Lipinski definition) is 0. The van der Waals surface area contributed by atoms with Crippen LogP contribution in [0.3, 0.4) is 0 Å². The molecule has 2 rings (SSSR count). The Labute approximate surface area is 124 Å². The van der Waals surface area contributed by atoms with Gasteiger partial charge in [-0.05, 0) is 39.0 Å². The number of aromatic nitrogens is 2. The van der Waals surface area contributed by atoms with Crippen LogP contribution < -0.4 is 9.47 Å². The van der Waals surface area contributed by atoms with E-state index in [1.165, 1.54) is 18.3 Å². The van der Waals surface area contributed by atoms with Crippen LogP contribution in [-0.2, 0) is 10.0 Å². The van der Waals surface area contributed by atoms with Gasteiger partial charge in [-0.1, -0.05) is 0 Å². The van der Waals surface area contributed by atoms with Crippen molar-refractivity contribution in [2.45, 2.75) is 25.7 Å². The second-order valence-electron chi connectivity index (χ2n) is 4.31. The van der Waals surface area contributed by atoms with Crippen molar-refractivity contribution in [1.29, 1.82) is 0 Å². The van der Waals surface area contributed by atoms with Crippen LogP contribution in [0.4, 0.5) is 0 Å². The van der Waals surface area contributed by atoms with Gasteiger partial charge in [-0.2, -0.15) is 17.6 Å². The SMILES string of the molecule is CCOc1ccc(S(=O)(=O)n2ccc(C)n2)cc1OCC. The number of benzene rings is 1. The van der Waals surface area contributed by atoms with Crippen LogP contribution >= 0.6 is 0 Å². The summed E-state index contributed by atoms with van der Waals surface area (Å²) in [7, 11) is -3.72. The second-order valence-corrected chi connectivity index (χ2v) is 6.10. The van der Waals surface area contributed by atoms with Gasteiger partial charge in [0.05, 0.1) is 23.8 Å². The molecular weight excluding hydrogens is 292 g/mol. The lowest BCUT2D eigenvalue weighted by molar-refractivity contribution is 0.287. The Morgan fingerprint density at radius 2 is 1.76 bits per heavy atom. The zero-order chi connectivity index (χ0) is 15.5. The highest BCUT2D eigenvalue weighted by atomic mass is 32.2. The molecule has 6 nitrogen and oxygen atoms in total. The lowest BCUT2D eigenvalue weighted by atomic mass is 10.3. The van der Waals surface area contributed by atoms with Gasteiger partial charge in [0.15, 0.2) is 11.5 Å². The van der Waals surface area contributed by atoms with Gasteiger partial charge in [-0.3, -0.25) is 0 Å². The van der Waals surface area contributed by atoms with E-state index in [0.29, 0.717) is 30.4 Å². The van der Waals surface area contributed by atoms with E-state index in [-0.39, 0.29) is 4.90 Å². The predicted molar refractivity (Wildman–Crippen MR) is 78.3 cm³/mol. The summed E-state index contributed by atoms with van der Waals surface area (Å²) in [5.74, 6) is 0.930. The van der Waals surface area contributed by atoms with E-state index in [1.807, 2.05) is 13.8 Å². The lowest BCUT2D eigenvalue weighted by Gasteiger charge is -2.12. The maximum Gasteiger partial charge on any atom is 0.283 e. The normalized spacial score (nSPS) is 11.4. The minimum absolute atomic E-state index is 0.109. The third kappa shape index (κ3) is 3.18. The van der Waals surface area contributed by atoms with E-state index in [0.717, 1.165) is 4.09 Å². The molecule has 21 heavy (non-hydrogen) atoms. The summed E-state index contributed by atoms with van der Waals surface area (Å²) in [5, 5.41) is 3.95. The Morgan fingerprint density at radius 1 is 1.10 bits per heavy atom. The van der Waals surface area contributed by atoms with Crippen LogP contribution in [0.1, 0.15) is 19.5 Å². The van der Waals surface area contributed by atoms with Crippen molar-refractivity contribution in [3.8, 4) is 11.5 Å². The first-order valence-electron chi connectivity index (χ1n) is 6.66. The molecule has 0 saturated heterocycles. The molecule has 1 aromatic carbocycles. The topological polar surface area (TPSA) is 70.4 Å². The van der Waals surface area contributed by atoms with E-state index < -0.39 is 10.0 Å². The molecule has 0 aliphatic rings. The van der Waals surface area contributed by atoms with Crippen molar-refractivity contribution >= 4 is 10.0 Å². The molecule has 0 unspecified atom stereocenters. The van der Waals surface area contributed by atoms with Crippen LogP contribution in [0.5, 0.6) is 11.5 Å². The first-order valence-corrected chi connectivity index (χ1v) is 8.10. The highest BCUT2D eigenvalue weighted by Gasteiger charge is 2.20. The molecule has 0 atom stereocenters. The van der Waals surface area contributed by atoms with Crippen LogP contribution in [0.25, 0.3) is 0 Å². The molecule has 0 N–H and O–H groups in total. The Morgan fingerprint density at radius 3 is 2.33 bits per heavy atom. The summed E-state index contributed by atoms with van der Waals surface area (Å²) in [4.78, 5) is 0.109. The molecule has 0 aliphatic heterocycles. The smallest absolute Gasteiger partial charge is 0.283 e. The van der Waals surface area contributed by atoms with Gasteiger partial charge in [0.2, 0.25) is 0 Å². The third-order valence-corrected chi connectivity index (χ3v) is 4.30. The zero-order valence-corrected chi connectivity index (χ0v) is 13.1. The van der Waals surface area contributed by atoms with Crippen molar-refractivity contribution in [2.24, 2.45) is 0 Å². The number of rotatable bonds is 6. The van der Waals surface area contributed by atoms with Crippen molar-refractivity contribution in [2.75, 3.05) is 13.2 Å². The quantitative estimate of drug-likeness (QED) is 0.818. The summed E-state index contributed by atoms with van der Waals surface area (Å²) in [6, 6.07) is 6.17. The van der Waals surface area contributed by atoms with Crippen LogP contribution in [0.2, 0.25) is 0 Å². The molecule has 0 amide bonds. The maximum atomic E-state index is 12.5. The lowest BCUT2D eigenvalue weighted by Crippen LogP contribution is -2.14. The molecular formula is C14H18N2O4S. The Hall–Kier alpha value is -2.02. The molecule has 1 heterocycles. The zero-order valence-electron chi connectivity index (χ0n) is 12.2. The van der Waals surface area contributed by atoms with Gasteiger partial charge >= 0.3 is 0 Å². The Bertz CT molecular complexity index is 722. The van der Waals surface area contributed by atoms with E-state index >= 15 is 0 Å².